The maximum Gasteiger partial charge on any atom is 0.417 e. The van der Waals surface area contributed by atoms with Crippen LogP contribution in [0.15, 0.2) is 108 Å². The smallest absolute Gasteiger partial charge is 0.357 e. The van der Waals surface area contributed by atoms with Gasteiger partial charge in [-0.05, 0) is 48.4 Å². The quantitative estimate of drug-likeness (QED) is 0.207. The summed E-state index contributed by atoms with van der Waals surface area (Å²) in [5.41, 5.74) is 0.699. The summed E-state index contributed by atoms with van der Waals surface area (Å²) < 4.78 is 70.0. The first kappa shape index (κ1) is 33.5. The van der Waals surface area contributed by atoms with Gasteiger partial charge in [0.25, 0.3) is 10.0 Å². The molecule has 0 saturated carbocycles. The van der Waals surface area contributed by atoms with Crippen molar-refractivity contribution in [3.63, 3.8) is 0 Å². The third-order valence-electron chi connectivity index (χ3n) is 7.14. The van der Waals surface area contributed by atoms with Crippen molar-refractivity contribution in [2.24, 2.45) is 0 Å². The van der Waals surface area contributed by atoms with Crippen LogP contribution in [0, 0.1) is 6.92 Å². The highest BCUT2D eigenvalue weighted by atomic mass is 35.5. The van der Waals surface area contributed by atoms with Crippen LogP contribution in [-0.2, 0) is 38.8 Å². The van der Waals surface area contributed by atoms with E-state index >= 15 is 0 Å². The monoisotopic (exact) mass is 657 g/mol. The Morgan fingerprint density at radius 3 is 2.04 bits per heavy atom. The van der Waals surface area contributed by atoms with Gasteiger partial charge in [0.2, 0.25) is 11.8 Å². The molecule has 0 aliphatic heterocycles. The van der Waals surface area contributed by atoms with Gasteiger partial charge in [-0.25, -0.2) is 8.42 Å². The first-order valence-corrected chi connectivity index (χ1v) is 15.7. The topological polar surface area (TPSA) is 86.8 Å². The second-order valence-corrected chi connectivity index (χ2v) is 12.6. The number of sulfonamides is 1. The lowest BCUT2D eigenvalue weighted by atomic mass is 10.0. The van der Waals surface area contributed by atoms with E-state index in [1.807, 2.05) is 19.1 Å². The summed E-state index contributed by atoms with van der Waals surface area (Å²) in [4.78, 5) is 28.6. The minimum Gasteiger partial charge on any atom is -0.357 e. The van der Waals surface area contributed by atoms with E-state index in [-0.39, 0.29) is 17.9 Å². The molecule has 4 aromatic rings. The van der Waals surface area contributed by atoms with Crippen molar-refractivity contribution in [1.82, 2.24) is 10.2 Å². The molecule has 1 N–H and O–H groups in total. The number of nitrogens with zero attached hydrogens (tertiary/aromatic N) is 2. The van der Waals surface area contributed by atoms with Gasteiger partial charge >= 0.3 is 6.18 Å². The number of amides is 2. The zero-order valence-corrected chi connectivity index (χ0v) is 26.0. The molecule has 0 aromatic heterocycles. The van der Waals surface area contributed by atoms with Gasteiger partial charge in [0.15, 0.2) is 0 Å². The molecule has 4 rings (SSSR count). The van der Waals surface area contributed by atoms with E-state index in [0.717, 1.165) is 23.3 Å². The van der Waals surface area contributed by atoms with Gasteiger partial charge in [-0.2, -0.15) is 13.2 Å². The number of benzene rings is 4. The van der Waals surface area contributed by atoms with Gasteiger partial charge in [0.05, 0.1) is 21.2 Å². The molecule has 7 nitrogen and oxygen atoms in total. The summed E-state index contributed by atoms with van der Waals surface area (Å²) in [7, 11) is -3.15. The molecule has 0 saturated heterocycles. The second kappa shape index (κ2) is 14.2. The average molecular weight is 658 g/mol. The van der Waals surface area contributed by atoms with E-state index in [1.165, 1.54) is 36.2 Å². The van der Waals surface area contributed by atoms with E-state index in [9.17, 15) is 31.2 Å². The molecule has 0 radical (unpaired) electrons. The molecule has 2 amide bonds. The van der Waals surface area contributed by atoms with Gasteiger partial charge in [-0.3, -0.25) is 13.9 Å². The number of rotatable bonds is 11. The van der Waals surface area contributed by atoms with Crippen molar-refractivity contribution in [1.29, 1.82) is 0 Å². The number of anilines is 1. The Morgan fingerprint density at radius 2 is 1.47 bits per heavy atom. The first-order chi connectivity index (χ1) is 21.3. The fraction of sp³-hybridized carbons (Fsp3) is 0.212. The number of likely N-dealkylation sites (N-methyl/N-ethyl adjacent to an activating group) is 1. The number of alkyl halides is 3. The van der Waals surface area contributed by atoms with E-state index < -0.39 is 56.9 Å². The van der Waals surface area contributed by atoms with Gasteiger partial charge in [-0.15, -0.1) is 0 Å². The van der Waals surface area contributed by atoms with Crippen LogP contribution in [0.5, 0.6) is 0 Å². The zero-order chi connectivity index (χ0) is 32.8. The maximum absolute atomic E-state index is 14.3. The molecule has 45 heavy (non-hydrogen) atoms. The number of hydrogen-bond acceptors (Lipinski definition) is 4. The van der Waals surface area contributed by atoms with E-state index in [2.05, 4.69) is 5.32 Å². The Labute approximate surface area is 265 Å². The number of halogens is 4. The zero-order valence-electron chi connectivity index (χ0n) is 24.5. The highest BCUT2D eigenvalue weighted by molar-refractivity contribution is 7.92. The van der Waals surface area contributed by atoms with Crippen molar-refractivity contribution >= 4 is 39.1 Å². The first-order valence-electron chi connectivity index (χ1n) is 13.9. The fourth-order valence-corrected chi connectivity index (χ4v) is 6.40. The summed E-state index contributed by atoms with van der Waals surface area (Å²) >= 11 is 5.84. The summed E-state index contributed by atoms with van der Waals surface area (Å²) in [6.45, 7) is 0.922. The van der Waals surface area contributed by atoms with Crippen LogP contribution in [0.4, 0.5) is 18.9 Å². The lowest BCUT2D eigenvalue weighted by molar-refractivity contribution is -0.139. The standard InChI is InChI=1S/C33H31ClF3N3O4S/c1-23-13-15-25(16-14-23)21-39(30(32(42)38-2)19-24-9-5-3-6-10-24)31(41)22-40(45(43,44)27-11-7-4-8-12-27)26-17-18-29(34)28(20-26)33(35,36)37/h3-18,20,30H,19,21-22H2,1-2H3,(H,38,42)/t30-/m0/s1. The second-order valence-electron chi connectivity index (χ2n) is 10.3. The minimum atomic E-state index is -4.89. The molecule has 12 heteroatoms. The summed E-state index contributed by atoms with van der Waals surface area (Å²) in [6.07, 6.45) is -4.79. The van der Waals surface area contributed by atoms with Gasteiger partial charge in [0.1, 0.15) is 12.6 Å². The van der Waals surface area contributed by atoms with Crippen LogP contribution in [-0.4, -0.2) is 44.8 Å². The average Bonchev–Trinajstić information content (AvgIpc) is 3.02. The third kappa shape index (κ3) is 8.23. The minimum absolute atomic E-state index is 0.0717. The van der Waals surface area contributed by atoms with Crippen LogP contribution in [0.1, 0.15) is 22.3 Å². The van der Waals surface area contributed by atoms with Crippen LogP contribution < -0.4 is 9.62 Å². The molecule has 0 heterocycles. The summed E-state index contributed by atoms with van der Waals surface area (Å²) in [5, 5.41) is 1.96. The van der Waals surface area contributed by atoms with E-state index in [4.69, 9.17) is 11.6 Å². The van der Waals surface area contributed by atoms with E-state index in [1.54, 1.807) is 48.5 Å². The lowest BCUT2D eigenvalue weighted by Crippen LogP contribution is -2.53. The van der Waals surface area contributed by atoms with Crippen molar-refractivity contribution in [2.45, 2.75) is 37.0 Å². The highest BCUT2D eigenvalue weighted by Gasteiger charge is 2.37. The lowest BCUT2D eigenvalue weighted by Gasteiger charge is -2.33. The predicted octanol–water partition coefficient (Wildman–Crippen LogP) is 6.25. The SMILES string of the molecule is CNC(=O)[C@H](Cc1ccccc1)N(Cc1ccc(C)cc1)C(=O)CN(c1ccc(Cl)c(C(F)(F)F)c1)S(=O)(=O)c1ccccc1. The number of carbonyl (C=O) groups is 2. The van der Waals surface area contributed by atoms with Crippen molar-refractivity contribution in [2.75, 3.05) is 17.9 Å². The van der Waals surface area contributed by atoms with Crippen molar-refractivity contribution < 1.29 is 31.2 Å². The third-order valence-corrected chi connectivity index (χ3v) is 9.26. The number of carbonyl (C=O) groups excluding carboxylic acids is 2. The van der Waals surface area contributed by atoms with Crippen molar-refractivity contribution in [3.8, 4) is 0 Å². The predicted molar refractivity (Wildman–Crippen MR) is 167 cm³/mol. The maximum atomic E-state index is 14.3. The molecule has 0 aliphatic rings. The Hall–Kier alpha value is -4.35. The van der Waals surface area contributed by atoms with Crippen LogP contribution in [0.2, 0.25) is 5.02 Å². The molecule has 1 atom stereocenters. The largest absolute Gasteiger partial charge is 0.417 e. The molecule has 0 fully saturated rings. The Balaban J connectivity index is 1.83. The van der Waals surface area contributed by atoms with Crippen molar-refractivity contribution in [3.05, 3.63) is 130 Å². The number of aryl methyl sites for hydroxylation is 1. The molecule has 0 aliphatic carbocycles. The van der Waals surface area contributed by atoms with Gasteiger partial charge < -0.3 is 10.2 Å². The van der Waals surface area contributed by atoms with E-state index in [0.29, 0.717) is 15.9 Å². The molecular formula is C33H31ClF3N3O4S. The Kier molecular flexibility index (Phi) is 10.6. The molecule has 236 valence electrons. The fourth-order valence-electron chi connectivity index (χ4n) is 4.74. The molecule has 4 aromatic carbocycles. The molecule has 0 bridgehead atoms. The van der Waals surface area contributed by atoms with Crippen LogP contribution >= 0.6 is 11.6 Å². The Bertz CT molecular complexity index is 1740. The summed E-state index contributed by atoms with van der Waals surface area (Å²) in [5.74, 6) is -1.30. The van der Waals surface area contributed by atoms with Crippen LogP contribution in [0.25, 0.3) is 0 Å². The molecular weight excluding hydrogens is 627 g/mol. The van der Waals surface area contributed by atoms with Crippen LogP contribution in [0.3, 0.4) is 0 Å². The molecule has 0 unspecified atom stereocenters. The molecule has 0 spiro atoms. The number of nitrogens with one attached hydrogen (secondary N) is 1. The highest BCUT2D eigenvalue weighted by Crippen LogP contribution is 2.38. The number of hydrogen-bond donors (Lipinski definition) is 1. The van der Waals surface area contributed by atoms with Gasteiger partial charge in [-0.1, -0.05) is 90.0 Å². The Morgan fingerprint density at radius 1 is 0.867 bits per heavy atom. The van der Waals surface area contributed by atoms with Gasteiger partial charge in [0, 0.05) is 20.0 Å². The summed E-state index contributed by atoms with van der Waals surface area (Å²) in [6, 6.07) is 24.8. The normalized spacial score (nSPS) is 12.3.